The topological polar surface area (TPSA) is 0 Å². The van der Waals surface area contributed by atoms with E-state index < -0.39 is 0 Å². The third kappa shape index (κ3) is 1.61. The minimum Gasteiger partial charge on any atom is -0.0876 e. The van der Waals surface area contributed by atoms with Crippen LogP contribution in [0.2, 0.25) is 0 Å². The van der Waals surface area contributed by atoms with Crippen LogP contribution in [0, 0.1) is 6.92 Å². The van der Waals surface area contributed by atoms with Gasteiger partial charge in [-0.25, -0.2) is 0 Å². The zero-order valence-electron chi connectivity index (χ0n) is 7.55. The van der Waals surface area contributed by atoms with Gasteiger partial charge in [0.1, 0.15) is 0 Å². The van der Waals surface area contributed by atoms with Crippen LogP contribution in [-0.2, 0) is 5.33 Å². The Kier molecular flexibility index (Phi) is 2.36. The lowest BCUT2D eigenvalue weighted by atomic mass is 10.0. The van der Waals surface area contributed by atoms with Crippen LogP contribution >= 0.6 is 15.9 Å². The van der Waals surface area contributed by atoms with E-state index in [1.165, 1.54) is 21.9 Å². The van der Waals surface area contributed by atoms with E-state index in [4.69, 9.17) is 0 Å². The third-order valence-corrected chi connectivity index (χ3v) is 2.93. The summed E-state index contributed by atoms with van der Waals surface area (Å²) >= 11 is 3.48. The summed E-state index contributed by atoms with van der Waals surface area (Å²) in [5.41, 5.74) is 2.70. The first-order valence-corrected chi connectivity index (χ1v) is 5.47. The molecule has 0 heterocycles. The summed E-state index contributed by atoms with van der Waals surface area (Å²) in [6.45, 7) is 2.16. The largest absolute Gasteiger partial charge is 0.0876 e. The van der Waals surface area contributed by atoms with E-state index >= 15 is 0 Å². The fraction of sp³-hybridized carbons (Fsp3) is 0.167. The van der Waals surface area contributed by atoms with Crippen LogP contribution in [-0.4, -0.2) is 0 Å². The summed E-state index contributed by atoms with van der Waals surface area (Å²) in [6, 6.07) is 13.0. The minimum absolute atomic E-state index is 0.929. The second-order valence-electron chi connectivity index (χ2n) is 3.27. The van der Waals surface area contributed by atoms with Gasteiger partial charge in [0.05, 0.1) is 0 Å². The number of rotatable bonds is 1. The first-order valence-electron chi connectivity index (χ1n) is 4.35. The third-order valence-electron chi connectivity index (χ3n) is 2.28. The molecule has 13 heavy (non-hydrogen) atoms. The molecule has 0 radical (unpaired) electrons. The fourth-order valence-corrected chi connectivity index (χ4v) is 1.98. The zero-order valence-corrected chi connectivity index (χ0v) is 9.14. The number of aryl methyl sites for hydroxylation is 1. The van der Waals surface area contributed by atoms with E-state index in [9.17, 15) is 0 Å². The summed E-state index contributed by atoms with van der Waals surface area (Å²) in [4.78, 5) is 0. The molecule has 0 aromatic heterocycles. The SMILES string of the molecule is Cc1cc(CBr)cc2ccccc12. The van der Waals surface area contributed by atoms with E-state index in [1.807, 2.05) is 0 Å². The summed E-state index contributed by atoms with van der Waals surface area (Å²) in [5, 5.41) is 3.61. The molecule has 0 fully saturated rings. The van der Waals surface area contributed by atoms with Crippen molar-refractivity contribution in [3.63, 3.8) is 0 Å². The van der Waals surface area contributed by atoms with Gasteiger partial charge in [-0.15, -0.1) is 0 Å². The Bertz CT molecular complexity index is 432. The molecule has 0 aliphatic heterocycles. The van der Waals surface area contributed by atoms with Gasteiger partial charge in [-0.2, -0.15) is 0 Å². The van der Waals surface area contributed by atoms with Crippen molar-refractivity contribution in [3.8, 4) is 0 Å². The highest BCUT2D eigenvalue weighted by atomic mass is 79.9. The number of hydrogen-bond donors (Lipinski definition) is 0. The summed E-state index contributed by atoms with van der Waals surface area (Å²) in [7, 11) is 0. The quantitative estimate of drug-likeness (QED) is 0.654. The maximum atomic E-state index is 3.48. The molecular formula is C12H11Br. The normalized spacial score (nSPS) is 10.6. The molecule has 0 unspecified atom stereocenters. The lowest BCUT2D eigenvalue weighted by Crippen LogP contribution is -1.82. The van der Waals surface area contributed by atoms with Crippen molar-refractivity contribution in [2.75, 3.05) is 0 Å². The molecule has 0 aliphatic carbocycles. The highest BCUT2D eigenvalue weighted by Gasteiger charge is 1.98. The molecule has 2 aromatic rings. The number of benzene rings is 2. The van der Waals surface area contributed by atoms with Crippen molar-refractivity contribution in [2.24, 2.45) is 0 Å². The van der Waals surface area contributed by atoms with Crippen LogP contribution in [0.3, 0.4) is 0 Å². The Hall–Kier alpha value is -0.820. The Morgan fingerprint density at radius 2 is 1.92 bits per heavy atom. The molecule has 0 N–H and O–H groups in total. The Morgan fingerprint density at radius 3 is 2.69 bits per heavy atom. The molecule has 0 saturated heterocycles. The molecular weight excluding hydrogens is 224 g/mol. The number of halogens is 1. The number of alkyl halides is 1. The predicted octanol–water partition coefficient (Wildman–Crippen LogP) is 4.04. The van der Waals surface area contributed by atoms with E-state index in [0.29, 0.717) is 0 Å². The predicted molar refractivity (Wildman–Crippen MR) is 61.3 cm³/mol. The number of hydrogen-bond acceptors (Lipinski definition) is 0. The molecule has 0 nitrogen and oxygen atoms in total. The molecule has 66 valence electrons. The first-order chi connectivity index (χ1) is 6.31. The van der Waals surface area contributed by atoms with Gasteiger partial charge in [0.15, 0.2) is 0 Å². The van der Waals surface area contributed by atoms with Crippen LogP contribution in [0.15, 0.2) is 36.4 Å². The van der Waals surface area contributed by atoms with Gasteiger partial charge in [-0.3, -0.25) is 0 Å². The molecule has 2 aromatic carbocycles. The molecule has 0 atom stereocenters. The van der Waals surface area contributed by atoms with E-state index in [1.54, 1.807) is 0 Å². The molecule has 0 aliphatic rings. The summed E-state index contributed by atoms with van der Waals surface area (Å²) < 4.78 is 0. The van der Waals surface area contributed by atoms with Crippen molar-refractivity contribution in [2.45, 2.75) is 12.3 Å². The van der Waals surface area contributed by atoms with Crippen molar-refractivity contribution < 1.29 is 0 Å². The smallest absolute Gasteiger partial charge is 0.0283 e. The lowest BCUT2D eigenvalue weighted by molar-refractivity contribution is 1.41. The first kappa shape index (κ1) is 8.76. The van der Waals surface area contributed by atoms with Gasteiger partial charge in [-0.05, 0) is 28.8 Å². The molecule has 0 amide bonds. The second-order valence-corrected chi connectivity index (χ2v) is 3.83. The van der Waals surface area contributed by atoms with Gasteiger partial charge in [0, 0.05) is 5.33 Å². The van der Waals surface area contributed by atoms with E-state index in [0.717, 1.165) is 5.33 Å². The molecule has 0 bridgehead atoms. The van der Waals surface area contributed by atoms with Crippen LogP contribution in [0.1, 0.15) is 11.1 Å². The van der Waals surface area contributed by atoms with Crippen LogP contribution < -0.4 is 0 Å². The highest BCUT2D eigenvalue weighted by molar-refractivity contribution is 9.08. The van der Waals surface area contributed by atoms with Crippen molar-refractivity contribution in [1.29, 1.82) is 0 Å². The van der Waals surface area contributed by atoms with Gasteiger partial charge in [-0.1, -0.05) is 52.3 Å². The minimum atomic E-state index is 0.929. The Labute approximate surface area is 86.7 Å². The molecule has 0 spiro atoms. The van der Waals surface area contributed by atoms with Crippen molar-refractivity contribution >= 4 is 26.7 Å². The van der Waals surface area contributed by atoms with Crippen molar-refractivity contribution in [1.82, 2.24) is 0 Å². The average Bonchev–Trinajstić information content (AvgIpc) is 2.18. The van der Waals surface area contributed by atoms with Gasteiger partial charge < -0.3 is 0 Å². The fourth-order valence-electron chi connectivity index (χ4n) is 1.66. The van der Waals surface area contributed by atoms with Crippen LogP contribution in [0.5, 0.6) is 0 Å². The van der Waals surface area contributed by atoms with E-state index in [-0.39, 0.29) is 0 Å². The summed E-state index contributed by atoms with van der Waals surface area (Å²) in [5.74, 6) is 0. The monoisotopic (exact) mass is 234 g/mol. The van der Waals surface area contributed by atoms with Crippen LogP contribution in [0.25, 0.3) is 10.8 Å². The van der Waals surface area contributed by atoms with Gasteiger partial charge >= 0.3 is 0 Å². The zero-order chi connectivity index (χ0) is 9.26. The average molecular weight is 235 g/mol. The van der Waals surface area contributed by atoms with Crippen molar-refractivity contribution in [3.05, 3.63) is 47.5 Å². The molecule has 2 rings (SSSR count). The second kappa shape index (κ2) is 3.51. The van der Waals surface area contributed by atoms with Crippen LogP contribution in [0.4, 0.5) is 0 Å². The maximum absolute atomic E-state index is 3.48. The lowest BCUT2D eigenvalue weighted by Gasteiger charge is -2.04. The van der Waals surface area contributed by atoms with Gasteiger partial charge in [0.25, 0.3) is 0 Å². The van der Waals surface area contributed by atoms with E-state index in [2.05, 4.69) is 59.3 Å². The molecule has 0 saturated carbocycles. The summed E-state index contributed by atoms with van der Waals surface area (Å²) in [6.07, 6.45) is 0. The standard InChI is InChI=1S/C12H11Br/c1-9-6-10(8-13)7-11-4-2-3-5-12(9)11/h2-7H,8H2,1H3. The Morgan fingerprint density at radius 1 is 1.15 bits per heavy atom. The highest BCUT2D eigenvalue weighted by Crippen LogP contribution is 2.21. The maximum Gasteiger partial charge on any atom is 0.0283 e. The van der Waals surface area contributed by atoms with Gasteiger partial charge in [0.2, 0.25) is 0 Å². The Balaban J connectivity index is 2.77. The molecule has 1 heteroatoms. The number of fused-ring (bicyclic) bond motifs is 1.